The molecule has 0 saturated heterocycles. The van der Waals surface area contributed by atoms with Crippen molar-refractivity contribution in [2.45, 2.75) is 11.6 Å². The Kier molecular flexibility index (Phi) is 4.86. The molecule has 0 N–H and O–H groups in total. The van der Waals surface area contributed by atoms with E-state index in [1.807, 2.05) is 30.6 Å². The summed E-state index contributed by atoms with van der Waals surface area (Å²) in [6.45, 7) is 0.599. The molecular weight excluding hydrogens is 362 g/mol. The minimum absolute atomic E-state index is 0.0881. The number of rotatable bonds is 5. The zero-order valence-electron chi connectivity index (χ0n) is 14.3. The number of amides is 1. The van der Waals surface area contributed by atoms with Gasteiger partial charge in [-0.15, -0.1) is 11.3 Å². The van der Waals surface area contributed by atoms with Crippen LogP contribution in [0.1, 0.15) is 5.56 Å². The first-order valence-electron chi connectivity index (χ1n) is 8.23. The highest BCUT2D eigenvalue weighted by Crippen LogP contribution is 2.27. The van der Waals surface area contributed by atoms with Gasteiger partial charge in [-0.2, -0.15) is 0 Å². The van der Waals surface area contributed by atoms with Crippen LogP contribution in [0.2, 0.25) is 0 Å². The van der Waals surface area contributed by atoms with Gasteiger partial charge in [0.25, 0.3) is 0 Å². The molecule has 26 heavy (non-hydrogen) atoms. The Morgan fingerprint density at radius 3 is 2.85 bits per heavy atom. The Bertz CT molecular complexity index is 1080. The summed E-state index contributed by atoms with van der Waals surface area (Å²) in [4.78, 5) is 23.8. The van der Waals surface area contributed by atoms with E-state index < -0.39 is 0 Å². The van der Waals surface area contributed by atoms with Gasteiger partial charge in [0.15, 0.2) is 0 Å². The summed E-state index contributed by atoms with van der Waals surface area (Å²) in [6.07, 6.45) is 1.56. The fourth-order valence-electron chi connectivity index (χ4n) is 2.82. The maximum Gasteiger partial charge on any atom is 0.233 e. The Labute approximate surface area is 159 Å². The molecule has 0 aliphatic heterocycles. The van der Waals surface area contributed by atoms with Crippen LogP contribution in [0.4, 0.5) is 0 Å². The van der Waals surface area contributed by atoms with Crippen LogP contribution in [0.3, 0.4) is 0 Å². The molecule has 0 unspecified atom stereocenters. The molecule has 1 amide bonds. The van der Waals surface area contributed by atoms with Gasteiger partial charge in [0, 0.05) is 19.0 Å². The summed E-state index contributed by atoms with van der Waals surface area (Å²) in [5.74, 6) is 0.455. The van der Waals surface area contributed by atoms with Gasteiger partial charge in [-0.1, -0.05) is 48.2 Å². The van der Waals surface area contributed by atoms with Crippen molar-refractivity contribution in [1.82, 2.24) is 14.9 Å². The number of nitrogens with zero attached hydrogens (tertiary/aromatic N) is 3. The standard InChI is InChI=1S/C20H17N3OS2/c1-23(11-14-6-7-15-4-2-3-5-16(15)10-14)18(24)12-26-20-17-8-9-25-19(17)21-13-22-20/h2-10,13H,11-12H2,1H3. The third-order valence-corrected chi connectivity index (χ3v) is 6.03. The van der Waals surface area contributed by atoms with E-state index in [1.54, 1.807) is 22.6 Å². The molecule has 2 heterocycles. The largest absolute Gasteiger partial charge is 0.341 e. The summed E-state index contributed by atoms with van der Waals surface area (Å²) in [5, 5.41) is 6.29. The molecule has 0 saturated carbocycles. The molecule has 4 rings (SSSR count). The van der Waals surface area contributed by atoms with Crippen molar-refractivity contribution in [3.05, 3.63) is 65.8 Å². The van der Waals surface area contributed by atoms with Crippen LogP contribution < -0.4 is 0 Å². The van der Waals surface area contributed by atoms with E-state index in [-0.39, 0.29) is 5.91 Å². The van der Waals surface area contributed by atoms with Crippen molar-refractivity contribution in [2.75, 3.05) is 12.8 Å². The summed E-state index contributed by atoms with van der Waals surface area (Å²) < 4.78 is 0. The lowest BCUT2D eigenvalue weighted by molar-refractivity contribution is -0.127. The average Bonchev–Trinajstić information content (AvgIpc) is 3.15. The van der Waals surface area contributed by atoms with Crippen molar-refractivity contribution in [1.29, 1.82) is 0 Å². The van der Waals surface area contributed by atoms with Gasteiger partial charge in [0.1, 0.15) is 16.2 Å². The van der Waals surface area contributed by atoms with Crippen molar-refractivity contribution in [3.63, 3.8) is 0 Å². The predicted octanol–water partition coefficient (Wildman–Crippen LogP) is 4.60. The van der Waals surface area contributed by atoms with E-state index in [2.05, 4.69) is 40.3 Å². The fraction of sp³-hybridized carbons (Fsp3) is 0.150. The van der Waals surface area contributed by atoms with Crippen LogP contribution in [0.5, 0.6) is 0 Å². The highest BCUT2D eigenvalue weighted by Gasteiger charge is 2.13. The topological polar surface area (TPSA) is 46.1 Å². The molecule has 4 aromatic rings. The Hall–Kier alpha value is -2.44. The summed E-state index contributed by atoms with van der Waals surface area (Å²) in [6, 6.07) is 16.6. The van der Waals surface area contributed by atoms with E-state index in [4.69, 9.17) is 0 Å². The number of carbonyl (C=O) groups is 1. The second-order valence-electron chi connectivity index (χ2n) is 6.04. The van der Waals surface area contributed by atoms with Crippen molar-refractivity contribution in [3.8, 4) is 0 Å². The molecule has 0 bridgehead atoms. The molecule has 130 valence electrons. The fourth-order valence-corrected chi connectivity index (χ4v) is 4.54. The maximum absolute atomic E-state index is 12.5. The Morgan fingerprint density at radius 1 is 1.12 bits per heavy atom. The van der Waals surface area contributed by atoms with Crippen LogP contribution in [-0.2, 0) is 11.3 Å². The van der Waals surface area contributed by atoms with E-state index in [9.17, 15) is 4.79 Å². The first-order chi connectivity index (χ1) is 12.7. The highest BCUT2D eigenvalue weighted by atomic mass is 32.2. The van der Waals surface area contributed by atoms with Gasteiger partial charge in [0.05, 0.1) is 5.75 Å². The molecule has 0 aliphatic carbocycles. The number of carbonyl (C=O) groups excluding carboxylic acids is 1. The molecule has 0 radical (unpaired) electrons. The van der Waals surface area contributed by atoms with Gasteiger partial charge in [0.2, 0.25) is 5.91 Å². The number of thiophene rings is 1. The minimum Gasteiger partial charge on any atom is -0.341 e. The van der Waals surface area contributed by atoms with Gasteiger partial charge in [-0.05, 0) is 33.8 Å². The number of hydrogen-bond acceptors (Lipinski definition) is 5. The molecule has 0 aliphatic rings. The number of thioether (sulfide) groups is 1. The second-order valence-corrected chi connectivity index (χ2v) is 7.90. The van der Waals surface area contributed by atoms with Crippen LogP contribution >= 0.6 is 23.1 Å². The maximum atomic E-state index is 12.5. The summed E-state index contributed by atoms with van der Waals surface area (Å²) in [7, 11) is 1.85. The van der Waals surface area contributed by atoms with Gasteiger partial charge < -0.3 is 4.90 Å². The third kappa shape index (κ3) is 3.57. The minimum atomic E-state index is 0.0881. The molecule has 2 aromatic heterocycles. The van der Waals surface area contributed by atoms with E-state index >= 15 is 0 Å². The predicted molar refractivity (Wildman–Crippen MR) is 109 cm³/mol. The van der Waals surface area contributed by atoms with E-state index in [1.165, 1.54) is 22.5 Å². The summed E-state index contributed by atoms with van der Waals surface area (Å²) >= 11 is 3.05. The normalized spacial score (nSPS) is 11.1. The van der Waals surface area contributed by atoms with Crippen LogP contribution in [-0.4, -0.2) is 33.6 Å². The molecular formula is C20H17N3OS2. The SMILES string of the molecule is CN(Cc1ccc2ccccc2c1)C(=O)CSc1ncnc2sccc12. The zero-order chi connectivity index (χ0) is 17.9. The number of fused-ring (bicyclic) bond motifs is 2. The zero-order valence-corrected chi connectivity index (χ0v) is 15.9. The van der Waals surface area contributed by atoms with Gasteiger partial charge in [-0.25, -0.2) is 9.97 Å². The highest BCUT2D eigenvalue weighted by molar-refractivity contribution is 8.00. The van der Waals surface area contributed by atoms with Crippen molar-refractivity contribution in [2.24, 2.45) is 0 Å². The second kappa shape index (κ2) is 7.43. The lowest BCUT2D eigenvalue weighted by Crippen LogP contribution is -2.27. The van der Waals surface area contributed by atoms with Gasteiger partial charge >= 0.3 is 0 Å². The Balaban J connectivity index is 1.41. The van der Waals surface area contributed by atoms with E-state index in [0.29, 0.717) is 12.3 Å². The lowest BCUT2D eigenvalue weighted by Gasteiger charge is -2.17. The molecule has 0 spiro atoms. The quantitative estimate of drug-likeness (QED) is 0.376. The molecule has 0 fully saturated rings. The smallest absolute Gasteiger partial charge is 0.233 e. The lowest BCUT2D eigenvalue weighted by atomic mass is 10.1. The number of benzene rings is 2. The Morgan fingerprint density at radius 2 is 1.96 bits per heavy atom. The van der Waals surface area contributed by atoms with Crippen LogP contribution in [0.25, 0.3) is 21.0 Å². The first kappa shape index (κ1) is 17.0. The van der Waals surface area contributed by atoms with Crippen molar-refractivity contribution < 1.29 is 4.79 Å². The first-order valence-corrected chi connectivity index (χ1v) is 10.1. The van der Waals surface area contributed by atoms with Crippen LogP contribution in [0.15, 0.2) is 65.3 Å². The van der Waals surface area contributed by atoms with Crippen LogP contribution in [0, 0.1) is 0 Å². The molecule has 0 atom stereocenters. The van der Waals surface area contributed by atoms with Crippen molar-refractivity contribution >= 4 is 50.0 Å². The third-order valence-electron chi connectivity index (χ3n) is 4.22. The number of aromatic nitrogens is 2. The monoisotopic (exact) mass is 379 g/mol. The van der Waals surface area contributed by atoms with Gasteiger partial charge in [-0.3, -0.25) is 4.79 Å². The number of hydrogen-bond donors (Lipinski definition) is 0. The summed E-state index contributed by atoms with van der Waals surface area (Å²) in [5.41, 5.74) is 1.13. The molecule has 6 heteroatoms. The molecule has 2 aromatic carbocycles. The average molecular weight is 380 g/mol. The van der Waals surface area contributed by atoms with E-state index in [0.717, 1.165) is 20.8 Å². The molecule has 4 nitrogen and oxygen atoms in total.